The van der Waals surface area contributed by atoms with E-state index >= 15 is 0 Å². The number of unbranched alkanes of at least 4 members (excludes halogenated alkanes) is 2. The molecule has 0 unspecified atom stereocenters. The van der Waals surface area contributed by atoms with Crippen LogP contribution in [0.4, 0.5) is 4.39 Å². The van der Waals surface area contributed by atoms with Gasteiger partial charge in [-0.05, 0) is 42.2 Å². The summed E-state index contributed by atoms with van der Waals surface area (Å²) in [4.78, 5) is 10.4. The molecule has 2 heteroatoms. The number of carbonyl (C=O) groups excluding carboxylic acids is 1. The third kappa shape index (κ3) is 5.58. The number of rotatable bonds is 7. The molecule has 0 bridgehead atoms. The molecule has 0 fully saturated rings. The molecule has 0 spiro atoms. The van der Waals surface area contributed by atoms with E-state index in [1.54, 1.807) is 12.1 Å². The summed E-state index contributed by atoms with van der Waals surface area (Å²) in [6, 6.07) is 6.37. The molecule has 1 rings (SSSR count). The minimum absolute atomic E-state index is 0.233. The maximum Gasteiger partial charge on any atom is 0.142 e. The molecule has 0 aliphatic rings. The topological polar surface area (TPSA) is 17.1 Å². The van der Waals surface area contributed by atoms with Gasteiger partial charge < -0.3 is 0 Å². The summed E-state index contributed by atoms with van der Waals surface area (Å²) >= 11 is 0. The van der Waals surface area contributed by atoms with Gasteiger partial charge in [-0.3, -0.25) is 4.79 Å². The number of hydrogen-bond acceptors (Lipinski definition) is 1. The molecule has 0 aromatic heterocycles. The monoisotopic (exact) mass is 246 g/mol. The van der Waals surface area contributed by atoms with Gasteiger partial charge in [0.05, 0.1) is 0 Å². The summed E-state index contributed by atoms with van der Waals surface area (Å²) in [5.41, 5.74) is 2.06. The van der Waals surface area contributed by atoms with E-state index in [2.05, 4.69) is 6.92 Å². The number of hydrogen-bond donors (Lipinski definition) is 0. The fourth-order valence-corrected chi connectivity index (χ4v) is 1.72. The van der Waals surface area contributed by atoms with Crippen LogP contribution in [0.5, 0.6) is 0 Å². The Hall–Kier alpha value is -1.70. The second kappa shape index (κ2) is 8.40. The van der Waals surface area contributed by atoms with Crippen LogP contribution in [0.3, 0.4) is 0 Å². The number of halogens is 1. The van der Waals surface area contributed by atoms with Gasteiger partial charge in [-0.15, -0.1) is 0 Å². The lowest BCUT2D eigenvalue weighted by Crippen LogP contribution is -1.83. The summed E-state index contributed by atoms with van der Waals surface area (Å²) in [7, 11) is 0. The van der Waals surface area contributed by atoms with Gasteiger partial charge in [0.2, 0.25) is 0 Å². The van der Waals surface area contributed by atoms with Crippen LogP contribution in [-0.4, -0.2) is 6.29 Å². The molecule has 1 nitrogen and oxygen atoms in total. The molecule has 1 aromatic rings. The molecule has 96 valence electrons. The summed E-state index contributed by atoms with van der Waals surface area (Å²) in [5, 5.41) is 0. The maximum atomic E-state index is 12.8. The molecule has 0 radical (unpaired) electrons. The Kier molecular flexibility index (Phi) is 6.70. The van der Waals surface area contributed by atoms with Gasteiger partial charge in [-0.2, -0.15) is 0 Å². The van der Waals surface area contributed by atoms with Gasteiger partial charge in [0, 0.05) is 0 Å². The lowest BCUT2D eigenvalue weighted by molar-refractivity contribution is -0.104. The highest BCUT2D eigenvalue weighted by atomic mass is 19.1. The van der Waals surface area contributed by atoms with E-state index in [1.165, 1.54) is 31.1 Å². The summed E-state index contributed by atoms with van der Waals surface area (Å²) in [6.45, 7) is 2.16. The zero-order valence-corrected chi connectivity index (χ0v) is 10.7. The third-order valence-electron chi connectivity index (χ3n) is 2.68. The number of aldehydes is 1. The van der Waals surface area contributed by atoms with Crippen molar-refractivity contribution < 1.29 is 9.18 Å². The molecular formula is C16H19FO. The van der Waals surface area contributed by atoms with Crippen LogP contribution in [0.15, 0.2) is 42.0 Å². The van der Waals surface area contributed by atoms with Crippen LogP contribution in [0, 0.1) is 5.82 Å². The molecule has 0 saturated heterocycles. The average molecular weight is 246 g/mol. The van der Waals surface area contributed by atoms with Crippen molar-refractivity contribution in [3.8, 4) is 0 Å². The standard InChI is InChI=1S/C16H19FO/c1-2-3-4-6-14(7-5-12-18)13-15-8-10-16(17)11-9-15/h5,7-13H,2-4,6H2,1H3/b7-5+,14-13+. The summed E-state index contributed by atoms with van der Waals surface area (Å²) < 4.78 is 12.8. The fourth-order valence-electron chi connectivity index (χ4n) is 1.72. The molecule has 0 atom stereocenters. The largest absolute Gasteiger partial charge is 0.299 e. The number of benzene rings is 1. The van der Waals surface area contributed by atoms with Gasteiger partial charge in [-0.25, -0.2) is 4.39 Å². The van der Waals surface area contributed by atoms with Crippen molar-refractivity contribution in [1.29, 1.82) is 0 Å². The van der Waals surface area contributed by atoms with E-state index < -0.39 is 0 Å². The highest BCUT2D eigenvalue weighted by molar-refractivity contribution is 5.67. The zero-order valence-electron chi connectivity index (χ0n) is 10.7. The van der Waals surface area contributed by atoms with Gasteiger partial charge >= 0.3 is 0 Å². The SMILES string of the molecule is CCCCCC(/C=C/C=O)=C\c1ccc(F)cc1. The Bertz CT molecular complexity index is 415. The first-order valence-corrected chi connectivity index (χ1v) is 6.34. The van der Waals surface area contributed by atoms with E-state index in [1.807, 2.05) is 12.2 Å². The summed E-state index contributed by atoms with van der Waals surface area (Å²) in [5.74, 6) is -0.233. The smallest absolute Gasteiger partial charge is 0.142 e. The summed E-state index contributed by atoms with van der Waals surface area (Å²) in [6.07, 6.45) is 10.5. The van der Waals surface area contributed by atoms with Crippen LogP contribution in [0.2, 0.25) is 0 Å². The molecule has 1 aromatic carbocycles. The average Bonchev–Trinajstić information content (AvgIpc) is 2.38. The Morgan fingerprint density at radius 2 is 1.94 bits per heavy atom. The second-order valence-electron chi connectivity index (χ2n) is 4.22. The highest BCUT2D eigenvalue weighted by Gasteiger charge is 1.96. The second-order valence-corrected chi connectivity index (χ2v) is 4.22. The molecule has 0 heterocycles. The minimum Gasteiger partial charge on any atom is -0.299 e. The van der Waals surface area contributed by atoms with Crippen molar-refractivity contribution in [3.63, 3.8) is 0 Å². The zero-order chi connectivity index (χ0) is 13.2. The molecule has 0 saturated carbocycles. The predicted molar refractivity (Wildman–Crippen MR) is 73.7 cm³/mol. The van der Waals surface area contributed by atoms with E-state index in [0.717, 1.165) is 30.3 Å². The van der Waals surface area contributed by atoms with Crippen LogP contribution in [0.1, 0.15) is 38.2 Å². The highest BCUT2D eigenvalue weighted by Crippen LogP contribution is 2.15. The van der Waals surface area contributed by atoms with Crippen molar-refractivity contribution in [2.75, 3.05) is 0 Å². The third-order valence-corrected chi connectivity index (χ3v) is 2.68. The predicted octanol–water partition coefficient (Wildman–Crippen LogP) is 4.54. The van der Waals surface area contributed by atoms with Crippen LogP contribution in [0.25, 0.3) is 6.08 Å². The molecule has 0 N–H and O–H groups in total. The van der Waals surface area contributed by atoms with Crippen LogP contribution >= 0.6 is 0 Å². The van der Waals surface area contributed by atoms with Gasteiger partial charge in [0.15, 0.2) is 0 Å². The normalized spacial score (nSPS) is 12.0. The van der Waals surface area contributed by atoms with E-state index in [0.29, 0.717) is 0 Å². The molecule has 0 amide bonds. The van der Waals surface area contributed by atoms with Crippen molar-refractivity contribution in [3.05, 3.63) is 53.4 Å². The van der Waals surface area contributed by atoms with Crippen molar-refractivity contribution in [2.24, 2.45) is 0 Å². The van der Waals surface area contributed by atoms with Crippen molar-refractivity contribution in [2.45, 2.75) is 32.6 Å². The molecule has 0 aliphatic carbocycles. The maximum absolute atomic E-state index is 12.8. The van der Waals surface area contributed by atoms with Crippen LogP contribution in [-0.2, 0) is 4.79 Å². The Balaban J connectivity index is 2.76. The van der Waals surface area contributed by atoms with E-state index in [9.17, 15) is 9.18 Å². The van der Waals surface area contributed by atoms with E-state index in [-0.39, 0.29) is 5.82 Å². The van der Waals surface area contributed by atoms with Crippen LogP contribution < -0.4 is 0 Å². The fraction of sp³-hybridized carbons (Fsp3) is 0.312. The van der Waals surface area contributed by atoms with E-state index in [4.69, 9.17) is 0 Å². The lowest BCUT2D eigenvalue weighted by Gasteiger charge is -2.02. The first kappa shape index (κ1) is 14.4. The Morgan fingerprint density at radius 3 is 2.56 bits per heavy atom. The van der Waals surface area contributed by atoms with Gasteiger partial charge in [0.25, 0.3) is 0 Å². The minimum atomic E-state index is -0.233. The molecular weight excluding hydrogens is 227 g/mol. The Morgan fingerprint density at radius 1 is 1.22 bits per heavy atom. The quantitative estimate of drug-likeness (QED) is 0.299. The first-order valence-electron chi connectivity index (χ1n) is 6.34. The first-order chi connectivity index (χ1) is 8.76. The molecule has 18 heavy (non-hydrogen) atoms. The molecule has 0 aliphatic heterocycles. The number of allylic oxidation sites excluding steroid dienone is 3. The number of carbonyl (C=O) groups is 1. The Labute approximate surface area is 108 Å². The van der Waals surface area contributed by atoms with Gasteiger partial charge in [0.1, 0.15) is 12.1 Å². The van der Waals surface area contributed by atoms with Crippen molar-refractivity contribution >= 4 is 12.4 Å². The van der Waals surface area contributed by atoms with Crippen molar-refractivity contribution in [1.82, 2.24) is 0 Å². The lowest BCUT2D eigenvalue weighted by atomic mass is 10.0. The van der Waals surface area contributed by atoms with Gasteiger partial charge in [-0.1, -0.05) is 44.1 Å².